The summed E-state index contributed by atoms with van der Waals surface area (Å²) in [6.45, 7) is 0. The third-order valence-corrected chi connectivity index (χ3v) is 3.99. The molecule has 0 spiro atoms. The Balaban J connectivity index is 1.86. The smallest absolute Gasteiger partial charge is 0.242 e. The molecule has 0 saturated carbocycles. The lowest BCUT2D eigenvalue weighted by molar-refractivity contribution is -0.123. The highest BCUT2D eigenvalue weighted by molar-refractivity contribution is 5.83. The quantitative estimate of drug-likeness (QED) is 0.756. The van der Waals surface area contributed by atoms with Crippen molar-refractivity contribution in [3.8, 4) is 0 Å². The van der Waals surface area contributed by atoms with E-state index < -0.39 is 6.04 Å². The molecule has 3 rings (SSSR count). The first kappa shape index (κ1) is 16.0. The van der Waals surface area contributed by atoms with E-state index in [9.17, 15) is 4.79 Å². The molecule has 120 valence electrons. The molecule has 24 heavy (non-hydrogen) atoms. The maximum absolute atomic E-state index is 12.7. The highest BCUT2D eigenvalue weighted by Crippen LogP contribution is 2.23. The average molecular weight is 316 g/mol. The van der Waals surface area contributed by atoms with E-state index in [0.717, 1.165) is 16.7 Å². The topological polar surface area (TPSA) is 55.1 Å². The van der Waals surface area contributed by atoms with Crippen LogP contribution in [0.2, 0.25) is 0 Å². The lowest BCUT2D eigenvalue weighted by atomic mass is 9.97. The maximum atomic E-state index is 12.7. The summed E-state index contributed by atoms with van der Waals surface area (Å²) in [5.41, 5.74) is 8.98. The number of amides is 1. The van der Waals surface area contributed by atoms with E-state index in [1.807, 2.05) is 91.0 Å². The van der Waals surface area contributed by atoms with Crippen LogP contribution in [0, 0.1) is 0 Å². The first-order chi connectivity index (χ1) is 11.8. The van der Waals surface area contributed by atoms with Crippen molar-refractivity contribution in [1.82, 2.24) is 5.32 Å². The van der Waals surface area contributed by atoms with Crippen molar-refractivity contribution < 1.29 is 4.79 Å². The maximum Gasteiger partial charge on any atom is 0.242 e. The first-order valence-electron chi connectivity index (χ1n) is 7.96. The highest BCUT2D eigenvalue weighted by atomic mass is 16.2. The molecule has 0 unspecified atom stereocenters. The molecule has 3 nitrogen and oxygen atoms in total. The number of hydrogen-bond acceptors (Lipinski definition) is 2. The standard InChI is InChI=1S/C21H20N2O/c22-19(16-10-4-1-5-11-16)21(24)23-20(17-12-6-2-7-13-17)18-14-8-3-9-15-18/h1-15,19-20H,22H2,(H,23,24)/t19-/m0/s1. The van der Waals surface area contributed by atoms with Crippen molar-refractivity contribution >= 4 is 5.91 Å². The van der Waals surface area contributed by atoms with Gasteiger partial charge in [-0.1, -0.05) is 91.0 Å². The fourth-order valence-corrected chi connectivity index (χ4v) is 2.69. The Bertz CT molecular complexity index is 733. The molecule has 3 aromatic rings. The van der Waals surface area contributed by atoms with E-state index >= 15 is 0 Å². The molecule has 0 aliphatic rings. The van der Waals surface area contributed by atoms with E-state index in [2.05, 4.69) is 5.32 Å². The zero-order chi connectivity index (χ0) is 16.8. The molecule has 0 radical (unpaired) electrons. The Morgan fingerprint density at radius 2 is 1.04 bits per heavy atom. The van der Waals surface area contributed by atoms with Gasteiger partial charge in [0.15, 0.2) is 0 Å². The summed E-state index contributed by atoms with van der Waals surface area (Å²) in [4.78, 5) is 12.7. The van der Waals surface area contributed by atoms with Gasteiger partial charge in [0.1, 0.15) is 6.04 Å². The molecule has 0 aliphatic carbocycles. The van der Waals surface area contributed by atoms with Crippen LogP contribution in [0.15, 0.2) is 91.0 Å². The minimum absolute atomic E-state index is 0.195. The second-order valence-electron chi connectivity index (χ2n) is 5.65. The molecule has 0 bridgehead atoms. The number of nitrogens with two attached hydrogens (primary N) is 1. The van der Waals surface area contributed by atoms with Crippen LogP contribution in [0.25, 0.3) is 0 Å². The molecule has 0 fully saturated rings. The zero-order valence-electron chi connectivity index (χ0n) is 13.3. The van der Waals surface area contributed by atoms with Crippen LogP contribution in [-0.4, -0.2) is 5.91 Å². The second kappa shape index (κ2) is 7.57. The van der Waals surface area contributed by atoms with Crippen molar-refractivity contribution in [1.29, 1.82) is 0 Å². The Kier molecular flexibility index (Phi) is 5.04. The number of nitrogens with one attached hydrogen (secondary N) is 1. The number of rotatable bonds is 5. The number of carbonyl (C=O) groups excluding carboxylic acids is 1. The SMILES string of the molecule is N[C@H](C(=O)NC(c1ccccc1)c1ccccc1)c1ccccc1. The largest absolute Gasteiger partial charge is 0.344 e. The molecule has 0 aliphatic heterocycles. The van der Waals surface area contributed by atoms with Crippen molar-refractivity contribution in [2.24, 2.45) is 5.73 Å². The first-order valence-corrected chi connectivity index (χ1v) is 7.96. The van der Waals surface area contributed by atoms with Gasteiger partial charge in [-0.05, 0) is 16.7 Å². The molecule has 1 amide bonds. The van der Waals surface area contributed by atoms with Gasteiger partial charge >= 0.3 is 0 Å². The van der Waals surface area contributed by atoms with Crippen molar-refractivity contribution in [3.05, 3.63) is 108 Å². The summed E-state index contributed by atoms with van der Waals surface area (Å²) in [6, 6.07) is 28.3. The molecule has 0 aromatic heterocycles. The fraction of sp³-hybridized carbons (Fsp3) is 0.0952. The molecule has 3 aromatic carbocycles. The summed E-state index contributed by atoms with van der Waals surface area (Å²) in [5, 5.41) is 3.08. The molecule has 1 atom stereocenters. The molecular weight excluding hydrogens is 296 g/mol. The van der Waals surface area contributed by atoms with Gasteiger partial charge in [0.05, 0.1) is 6.04 Å². The van der Waals surface area contributed by atoms with Crippen molar-refractivity contribution in [3.63, 3.8) is 0 Å². The predicted octanol–water partition coefficient (Wildman–Crippen LogP) is 3.59. The van der Waals surface area contributed by atoms with E-state index in [-0.39, 0.29) is 11.9 Å². The van der Waals surface area contributed by atoms with Gasteiger partial charge in [-0.2, -0.15) is 0 Å². The van der Waals surface area contributed by atoms with E-state index in [1.54, 1.807) is 0 Å². The van der Waals surface area contributed by atoms with Crippen LogP contribution in [-0.2, 0) is 4.79 Å². The molecule has 3 heteroatoms. The Labute approximate surface area is 142 Å². The number of hydrogen-bond donors (Lipinski definition) is 2. The fourth-order valence-electron chi connectivity index (χ4n) is 2.69. The van der Waals surface area contributed by atoms with Crippen molar-refractivity contribution in [2.75, 3.05) is 0 Å². The highest BCUT2D eigenvalue weighted by Gasteiger charge is 2.21. The predicted molar refractivity (Wildman–Crippen MR) is 96.2 cm³/mol. The Morgan fingerprint density at radius 3 is 1.46 bits per heavy atom. The van der Waals surface area contributed by atoms with Gasteiger partial charge < -0.3 is 11.1 Å². The van der Waals surface area contributed by atoms with Crippen LogP contribution in [0.4, 0.5) is 0 Å². The molecule has 0 heterocycles. The lowest BCUT2D eigenvalue weighted by Gasteiger charge is -2.22. The van der Waals surface area contributed by atoms with E-state index in [1.165, 1.54) is 0 Å². The molecule has 0 saturated heterocycles. The molecule has 3 N–H and O–H groups in total. The Hall–Kier alpha value is -2.91. The third kappa shape index (κ3) is 3.70. The summed E-state index contributed by atoms with van der Waals surface area (Å²) in [5.74, 6) is -0.195. The van der Waals surface area contributed by atoms with Gasteiger partial charge in [-0.25, -0.2) is 0 Å². The third-order valence-electron chi connectivity index (χ3n) is 3.99. The van der Waals surface area contributed by atoms with Crippen LogP contribution >= 0.6 is 0 Å². The zero-order valence-corrected chi connectivity index (χ0v) is 13.3. The Morgan fingerprint density at radius 1 is 0.667 bits per heavy atom. The summed E-state index contributed by atoms with van der Waals surface area (Å²) in [6.07, 6.45) is 0. The van der Waals surface area contributed by atoms with E-state index in [4.69, 9.17) is 5.73 Å². The summed E-state index contributed by atoms with van der Waals surface area (Å²) in [7, 11) is 0. The molecular formula is C21H20N2O. The van der Waals surface area contributed by atoms with Crippen LogP contribution in [0.1, 0.15) is 28.8 Å². The van der Waals surface area contributed by atoms with Gasteiger partial charge in [-0.15, -0.1) is 0 Å². The normalized spacial score (nSPS) is 11.9. The van der Waals surface area contributed by atoms with Crippen molar-refractivity contribution in [2.45, 2.75) is 12.1 Å². The summed E-state index contributed by atoms with van der Waals surface area (Å²) < 4.78 is 0. The minimum Gasteiger partial charge on any atom is -0.344 e. The number of carbonyl (C=O) groups is 1. The van der Waals surface area contributed by atoms with Gasteiger partial charge in [0, 0.05) is 0 Å². The monoisotopic (exact) mass is 316 g/mol. The average Bonchev–Trinajstić information content (AvgIpc) is 2.67. The second-order valence-corrected chi connectivity index (χ2v) is 5.65. The van der Waals surface area contributed by atoms with E-state index in [0.29, 0.717) is 0 Å². The van der Waals surface area contributed by atoms with Gasteiger partial charge in [0.25, 0.3) is 0 Å². The van der Waals surface area contributed by atoms with Crippen LogP contribution in [0.5, 0.6) is 0 Å². The minimum atomic E-state index is -0.693. The van der Waals surface area contributed by atoms with Gasteiger partial charge in [0.2, 0.25) is 5.91 Å². The van der Waals surface area contributed by atoms with Gasteiger partial charge in [-0.3, -0.25) is 4.79 Å². The number of benzene rings is 3. The van der Waals surface area contributed by atoms with Crippen LogP contribution in [0.3, 0.4) is 0 Å². The lowest BCUT2D eigenvalue weighted by Crippen LogP contribution is -2.37. The van der Waals surface area contributed by atoms with Crippen LogP contribution < -0.4 is 11.1 Å². The summed E-state index contributed by atoms with van der Waals surface area (Å²) >= 11 is 0.